The molecule has 1 aromatic rings. The van der Waals surface area contributed by atoms with Gasteiger partial charge in [-0.25, -0.2) is 4.79 Å². The molecular weight excluding hydrogens is 386 g/mol. The first-order valence-electron chi connectivity index (χ1n) is 10.7. The van der Waals surface area contributed by atoms with E-state index in [-0.39, 0.29) is 19.2 Å². The minimum Gasteiger partial charge on any atom is -0.454 e. The van der Waals surface area contributed by atoms with Crippen molar-refractivity contribution >= 4 is 17.8 Å². The average molecular weight is 418 g/mol. The summed E-state index contributed by atoms with van der Waals surface area (Å²) >= 11 is 0. The molecule has 1 fully saturated rings. The number of hydrogen-bond donors (Lipinski definition) is 2. The van der Waals surface area contributed by atoms with Gasteiger partial charge in [0.15, 0.2) is 11.5 Å². The standard InChI is InChI=1S/C22H31N3O5/c1-4-6-7-15(5-2)12-23-19(26)13-25-20(27)22(3,24-21(25)28)11-16-8-9-17-18(10-16)30-14-29-17/h8-10,15H,4-7,11-14H2,1-3H3,(H,23,26)(H,24,28)/t15-,22-/m1/s1. The molecule has 8 heteroatoms. The van der Waals surface area contributed by atoms with Gasteiger partial charge < -0.3 is 20.1 Å². The Morgan fingerprint density at radius 1 is 1.27 bits per heavy atom. The summed E-state index contributed by atoms with van der Waals surface area (Å²) in [6.07, 6.45) is 4.58. The monoisotopic (exact) mass is 417 g/mol. The Kier molecular flexibility index (Phi) is 6.84. The maximum Gasteiger partial charge on any atom is 0.325 e. The third kappa shape index (κ3) is 4.86. The number of nitrogens with zero attached hydrogens (tertiary/aromatic N) is 1. The number of carbonyl (C=O) groups excluding carboxylic acids is 3. The van der Waals surface area contributed by atoms with Gasteiger partial charge in [-0.3, -0.25) is 14.5 Å². The van der Waals surface area contributed by atoms with E-state index in [1.54, 1.807) is 13.0 Å². The lowest BCUT2D eigenvalue weighted by atomic mass is 9.92. The molecule has 30 heavy (non-hydrogen) atoms. The topological polar surface area (TPSA) is 97.0 Å². The van der Waals surface area contributed by atoms with Gasteiger partial charge in [0, 0.05) is 13.0 Å². The largest absolute Gasteiger partial charge is 0.454 e. The Hall–Kier alpha value is -2.77. The van der Waals surface area contributed by atoms with Gasteiger partial charge in [-0.05, 0) is 37.0 Å². The number of nitrogens with one attached hydrogen (secondary N) is 2. The van der Waals surface area contributed by atoms with Gasteiger partial charge in [-0.2, -0.15) is 0 Å². The zero-order valence-corrected chi connectivity index (χ0v) is 18.0. The third-order valence-electron chi connectivity index (χ3n) is 5.77. The van der Waals surface area contributed by atoms with Crippen LogP contribution < -0.4 is 20.1 Å². The molecule has 0 bridgehead atoms. The van der Waals surface area contributed by atoms with E-state index in [4.69, 9.17) is 9.47 Å². The SMILES string of the molecule is CCCC[C@@H](CC)CNC(=O)CN1C(=O)N[C@](C)(Cc2ccc3c(c2)OCO3)C1=O. The normalized spacial score (nSPS) is 21.0. The number of amides is 4. The first-order valence-corrected chi connectivity index (χ1v) is 10.7. The Labute approximate surface area is 177 Å². The zero-order valence-electron chi connectivity index (χ0n) is 18.0. The molecule has 1 saturated heterocycles. The molecular formula is C22H31N3O5. The van der Waals surface area contributed by atoms with E-state index in [0.717, 1.165) is 36.1 Å². The highest BCUT2D eigenvalue weighted by Crippen LogP contribution is 2.34. The van der Waals surface area contributed by atoms with E-state index in [2.05, 4.69) is 24.5 Å². The Morgan fingerprint density at radius 3 is 2.77 bits per heavy atom. The van der Waals surface area contributed by atoms with Crippen molar-refractivity contribution in [2.75, 3.05) is 19.9 Å². The summed E-state index contributed by atoms with van der Waals surface area (Å²) in [5.41, 5.74) is -0.276. The predicted octanol–water partition coefficient (Wildman–Crippen LogP) is 2.60. The summed E-state index contributed by atoms with van der Waals surface area (Å²) in [5, 5.41) is 5.61. The molecule has 1 aromatic carbocycles. The van der Waals surface area contributed by atoms with Gasteiger partial charge in [0.05, 0.1) is 0 Å². The Balaban J connectivity index is 1.57. The Bertz CT molecular complexity index is 812. The molecule has 4 amide bonds. The third-order valence-corrected chi connectivity index (χ3v) is 5.77. The van der Waals surface area contributed by atoms with Gasteiger partial charge in [0.25, 0.3) is 5.91 Å². The van der Waals surface area contributed by atoms with Gasteiger partial charge in [0.1, 0.15) is 12.1 Å². The number of benzene rings is 1. The second-order valence-corrected chi connectivity index (χ2v) is 8.24. The van der Waals surface area contributed by atoms with Crippen molar-refractivity contribution in [2.45, 2.75) is 58.4 Å². The van der Waals surface area contributed by atoms with Gasteiger partial charge >= 0.3 is 6.03 Å². The highest BCUT2D eigenvalue weighted by atomic mass is 16.7. The van der Waals surface area contributed by atoms with E-state index >= 15 is 0 Å². The summed E-state index contributed by atoms with van der Waals surface area (Å²) in [5.74, 6) is 0.971. The summed E-state index contributed by atoms with van der Waals surface area (Å²) in [4.78, 5) is 38.7. The predicted molar refractivity (Wildman–Crippen MR) is 111 cm³/mol. The molecule has 2 heterocycles. The molecule has 0 aromatic heterocycles. The maximum absolute atomic E-state index is 13.0. The molecule has 2 aliphatic heterocycles. The number of ether oxygens (including phenoxy) is 2. The second kappa shape index (κ2) is 9.36. The number of unbranched alkanes of at least 4 members (excludes halogenated alkanes) is 1. The van der Waals surface area contributed by atoms with E-state index in [1.165, 1.54) is 0 Å². The van der Waals surface area contributed by atoms with Crippen LogP contribution in [-0.4, -0.2) is 48.2 Å². The zero-order chi connectivity index (χ0) is 21.7. The summed E-state index contributed by atoms with van der Waals surface area (Å²) in [6.45, 7) is 6.38. The van der Waals surface area contributed by atoms with E-state index in [0.29, 0.717) is 30.4 Å². The first-order chi connectivity index (χ1) is 14.4. The molecule has 164 valence electrons. The van der Waals surface area contributed by atoms with Gasteiger partial charge in [0.2, 0.25) is 12.7 Å². The van der Waals surface area contributed by atoms with Crippen molar-refractivity contribution in [3.8, 4) is 11.5 Å². The maximum atomic E-state index is 13.0. The lowest BCUT2D eigenvalue weighted by Crippen LogP contribution is -2.47. The van der Waals surface area contributed by atoms with Crippen LogP contribution in [0.4, 0.5) is 4.79 Å². The fourth-order valence-corrected chi connectivity index (χ4v) is 3.87. The van der Waals surface area contributed by atoms with Crippen molar-refractivity contribution in [3.05, 3.63) is 23.8 Å². The smallest absolute Gasteiger partial charge is 0.325 e. The van der Waals surface area contributed by atoms with Gasteiger partial charge in [-0.15, -0.1) is 0 Å². The van der Waals surface area contributed by atoms with Crippen LogP contribution in [0.1, 0.15) is 52.0 Å². The van der Waals surface area contributed by atoms with Crippen LogP contribution in [0, 0.1) is 5.92 Å². The number of fused-ring (bicyclic) bond motifs is 1. The highest BCUT2D eigenvalue weighted by Gasteiger charge is 2.48. The molecule has 8 nitrogen and oxygen atoms in total. The number of rotatable bonds is 10. The molecule has 2 aliphatic rings. The lowest BCUT2D eigenvalue weighted by Gasteiger charge is -2.22. The summed E-state index contributed by atoms with van der Waals surface area (Å²) in [6, 6.07) is 4.89. The molecule has 2 N–H and O–H groups in total. The number of imide groups is 1. The van der Waals surface area contributed by atoms with Crippen LogP contribution in [0.5, 0.6) is 11.5 Å². The van der Waals surface area contributed by atoms with Crippen molar-refractivity contribution < 1.29 is 23.9 Å². The first kappa shape index (κ1) is 21.9. The lowest BCUT2D eigenvalue weighted by molar-refractivity contribution is -0.134. The fourth-order valence-electron chi connectivity index (χ4n) is 3.87. The second-order valence-electron chi connectivity index (χ2n) is 8.24. The van der Waals surface area contributed by atoms with Crippen LogP contribution in [-0.2, 0) is 16.0 Å². The minimum absolute atomic E-state index is 0.173. The van der Waals surface area contributed by atoms with Crippen molar-refractivity contribution in [1.82, 2.24) is 15.5 Å². The molecule has 0 radical (unpaired) electrons. The van der Waals surface area contributed by atoms with E-state index in [9.17, 15) is 14.4 Å². The molecule has 2 atom stereocenters. The van der Waals surface area contributed by atoms with E-state index in [1.807, 2.05) is 12.1 Å². The molecule has 0 saturated carbocycles. The highest BCUT2D eigenvalue weighted by molar-refractivity contribution is 6.08. The molecule has 3 rings (SSSR count). The average Bonchev–Trinajstić information content (AvgIpc) is 3.26. The van der Waals surface area contributed by atoms with E-state index < -0.39 is 17.5 Å². The minimum atomic E-state index is -1.11. The van der Waals surface area contributed by atoms with Crippen LogP contribution in [0.3, 0.4) is 0 Å². The fraction of sp³-hybridized carbons (Fsp3) is 0.591. The van der Waals surface area contributed by atoms with Crippen molar-refractivity contribution in [2.24, 2.45) is 5.92 Å². The summed E-state index contributed by atoms with van der Waals surface area (Å²) in [7, 11) is 0. The number of carbonyl (C=O) groups is 3. The van der Waals surface area contributed by atoms with Crippen LogP contribution in [0.2, 0.25) is 0 Å². The number of urea groups is 1. The van der Waals surface area contributed by atoms with Crippen molar-refractivity contribution in [3.63, 3.8) is 0 Å². The summed E-state index contributed by atoms with van der Waals surface area (Å²) < 4.78 is 10.7. The van der Waals surface area contributed by atoms with Gasteiger partial charge in [-0.1, -0.05) is 39.2 Å². The molecule has 0 aliphatic carbocycles. The number of hydrogen-bond acceptors (Lipinski definition) is 5. The molecule has 0 spiro atoms. The van der Waals surface area contributed by atoms with Crippen LogP contribution in [0.15, 0.2) is 18.2 Å². The van der Waals surface area contributed by atoms with Crippen LogP contribution in [0.25, 0.3) is 0 Å². The quantitative estimate of drug-likeness (QED) is 0.571. The van der Waals surface area contributed by atoms with Crippen molar-refractivity contribution in [1.29, 1.82) is 0 Å². The Morgan fingerprint density at radius 2 is 2.03 bits per heavy atom. The van der Waals surface area contributed by atoms with Crippen LogP contribution >= 0.6 is 0 Å². The molecule has 0 unspecified atom stereocenters.